The van der Waals surface area contributed by atoms with Crippen molar-refractivity contribution < 1.29 is 14.6 Å². The first kappa shape index (κ1) is 22.0. The molecule has 9 heteroatoms. The number of nitrogens with zero attached hydrogens (tertiary/aromatic N) is 1. The Labute approximate surface area is 198 Å². The highest BCUT2D eigenvalue weighted by Crippen LogP contribution is 2.36. The van der Waals surface area contributed by atoms with E-state index in [-0.39, 0.29) is 17.5 Å². The standard InChI is InChI=1S/C23H18ClN3O3S2/c1-13-10-14(24)6-9-19(13)30-12-21(29)27-23(31)25-15-7-8-18(28)16(11-15)22-26-17-4-2-3-5-20(17)32-22/h2-11,28H,12H2,1H3,(H2,25,27,29,31). The van der Waals surface area contributed by atoms with E-state index in [1.807, 2.05) is 31.2 Å². The average Bonchev–Trinajstić information content (AvgIpc) is 3.18. The summed E-state index contributed by atoms with van der Waals surface area (Å²) < 4.78 is 6.55. The minimum absolute atomic E-state index is 0.108. The maximum Gasteiger partial charge on any atom is 0.264 e. The first-order valence-corrected chi connectivity index (χ1v) is 11.2. The van der Waals surface area contributed by atoms with E-state index in [2.05, 4.69) is 15.6 Å². The fourth-order valence-corrected chi connectivity index (χ4v) is 4.46. The summed E-state index contributed by atoms with van der Waals surface area (Å²) in [6.45, 7) is 1.65. The van der Waals surface area contributed by atoms with Gasteiger partial charge in [0, 0.05) is 10.7 Å². The van der Waals surface area contributed by atoms with E-state index in [4.69, 9.17) is 28.6 Å². The van der Waals surface area contributed by atoms with Crippen LogP contribution in [-0.2, 0) is 4.79 Å². The van der Waals surface area contributed by atoms with Gasteiger partial charge in [-0.1, -0.05) is 23.7 Å². The minimum atomic E-state index is -0.401. The molecule has 1 amide bonds. The van der Waals surface area contributed by atoms with E-state index in [0.717, 1.165) is 15.8 Å². The number of halogens is 1. The van der Waals surface area contributed by atoms with Gasteiger partial charge in [0.1, 0.15) is 16.5 Å². The fraction of sp³-hybridized carbons (Fsp3) is 0.0870. The summed E-state index contributed by atoms with van der Waals surface area (Å²) in [4.78, 5) is 16.8. The Balaban J connectivity index is 1.39. The lowest BCUT2D eigenvalue weighted by Crippen LogP contribution is -2.37. The number of carbonyl (C=O) groups excluding carboxylic acids is 1. The van der Waals surface area contributed by atoms with Crippen LogP contribution in [0.25, 0.3) is 20.8 Å². The number of aromatic nitrogens is 1. The zero-order valence-electron chi connectivity index (χ0n) is 16.9. The molecule has 0 fully saturated rings. The number of carbonyl (C=O) groups is 1. The van der Waals surface area contributed by atoms with Gasteiger partial charge in [0.25, 0.3) is 5.91 Å². The summed E-state index contributed by atoms with van der Waals surface area (Å²) in [5, 5.41) is 17.3. The molecule has 4 aromatic rings. The third-order valence-corrected chi connectivity index (χ3v) is 6.04. The normalized spacial score (nSPS) is 10.7. The van der Waals surface area contributed by atoms with E-state index in [1.165, 1.54) is 11.3 Å². The van der Waals surface area contributed by atoms with Crippen molar-refractivity contribution >= 4 is 62.1 Å². The Morgan fingerprint density at radius 2 is 2.00 bits per heavy atom. The molecule has 162 valence electrons. The number of phenols is 1. The molecule has 0 aliphatic rings. The molecular formula is C23H18ClN3O3S2. The van der Waals surface area contributed by atoms with Gasteiger partial charge in [0.15, 0.2) is 11.7 Å². The number of phenolic OH excluding ortho intramolecular Hbond substituents is 1. The van der Waals surface area contributed by atoms with Gasteiger partial charge >= 0.3 is 0 Å². The van der Waals surface area contributed by atoms with Crippen molar-refractivity contribution in [3.8, 4) is 22.1 Å². The number of ether oxygens (including phenoxy) is 1. The van der Waals surface area contributed by atoms with E-state index in [0.29, 0.717) is 27.0 Å². The van der Waals surface area contributed by atoms with E-state index in [9.17, 15) is 9.90 Å². The number of fused-ring (bicyclic) bond motifs is 1. The van der Waals surface area contributed by atoms with Crippen LogP contribution in [0.4, 0.5) is 5.69 Å². The van der Waals surface area contributed by atoms with Crippen molar-refractivity contribution in [3.63, 3.8) is 0 Å². The van der Waals surface area contributed by atoms with Crippen molar-refractivity contribution in [1.29, 1.82) is 0 Å². The lowest BCUT2D eigenvalue weighted by Gasteiger charge is -2.12. The van der Waals surface area contributed by atoms with Gasteiger partial charge in [-0.2, -0.15) is 0 Å². The molecule has 0 unspecified atom stereocenters. The Morgan fingerprint density at radius 3 is 2.78 bits per heavy atom. The number of para-hydroxylation sites is 1. The molecule has 0 aliphatic carbocycles. The first-order chi connectivity index (χ1) is 15.4. The van der Waals surface area contributed by atoms with Crippen molar-refractivity contribution in [3.05, 3.63) is 71.2 Å². The Bertz CT molecular complexity index is 1290. The summed E-state index contributed by atoms with van der Waals surface area (Å²) in [5.41, 5.74) is 2.88. The van der Waals surface area contributed by atoms with E-state index >= 15 is 0 Å². The average molecular weight is 484 g/mol. The lowest BCUT2D eigenvalue weighted by atomic mass is 10.2. The van der Waals surface area contributed by atoms with Gasteiger partial charge in [-0.05, 0) is 73.2 Å². The Hall–Kier alpha value is -3.20. The number of nitrogens with one attached hydrogen (secondary N) is 2. The van der Waals surface area contributed by atoms with Crippen LogP contribution in [0.1, 0.15) is 5.56 Å². The number of hydrogen-bond acceptors (Lipinski definition) is 6. The number of anilines is 1. The third-order valence-electron chi connectivity index (χ3n) is 4.53. The molecule has 0 atom stereocenters. The van der Waals surface area contributed by atoms with Gasteiger partial charge < -0.3 is 15.2 Å². The van der Waals surface area contributed by atoms with E-state index < -0.39 is 5.91 Å². The molecule has 3 aromatic carbocycles. The van der Waals surface area contributed by atoms with Gasteiger partial charge in [0.2, 0.25) is 0 Å². The predicted molar refractivity (Wildman–Crippen MR) is 133 cm³/mol. The van der Waals surface area contributed by atoms with Crippen LogP contribution in [0.3, 0.4) is 0 Å². The van der Waals surface area contributed by atoms with Crippen LogP contribution in [0.15, 0.2) is 60.7 Å². The van der Waals surface area contributed by atoms with Gasteiger partial charge in [-0.25, -0.2) is 4.98 Å². The molecule has 0 aliphatic heterocycles. The first-order valence-electron chi connectivity index (χ1n) is 9.58. The number of hydrogen-bond donors (Lipinski definition) is 3. The molecule has 3 N–H and O–H groups in total. The molecular weight excluding hydrogens is 466 g/mol. The predicted octanol–water partition coefficient (Wildman–Crippen LogP) is 5.52. The van der Waals surface area contributed by atoms with E-state index in [1.54, 1.807) is 36.4 Å². The van der Waals surface area contributed by atoms with Crippen molar-refractivity contribution in [2.24, 2.45) is 0 Å². The summed E-state index contributed by atoms with van der Waals surface area (Å²) >= 11 is 12.6. The second-order valence-electron chi connectivity index (χ2n) is 6.92. The summed E-state index contributed by atoms with van der Waals surface area (Å²) in [7, 11) is 0. The van der Waals surface area contributed by atoms with Crippen molar-refractivity contribution in [2.45, 2.75) is 6.92 Å². The molecule has 0 bridgehead atoms. The number of aromatic hydroxyl groups is 1. The largest absolute Gasteiger partial charge is 0.507 e. The highest BCUT2D eigenvalue weighted by molar-refractivity contribution is 7.80. The van der Waals surface area contributed by atoms with Crippen LogP contribution < -0.4 is 15.4 Å². The van der Waals surface area contributed by atoms with Crippen molar-refractivity contribution in [2.75, 3.05) is 11.9 Å². The van der Waals surface area contributed by atoms with Crippen LogP contribution in [0.5, 0.6) is 11.5 Å². The van der Waals surface area contributed by atoms with Gasteiger partial charge in [0.05, 0.1) is 15.8 Å². The zero-order chi connectivity index (χ0) is 22.7. The number of rotatable bonds is 5. The number of benzene rings is 3. The monoisotopic (exact) mass is 483 g/mol. The van der Waals surface area contributed by atoms with Gasteiger partial charge in [-0.15, -0.1) is 11.3 Å². The smallest absolute Gasteiger partial charge is 0.264 e. The molecule has 1 heterocycles. The number of thiocarbonyl (C=S) groups is 1. The second-order valence-corrected chi connectivity index (χ2v) is 8.79. The van der Waals surface area contributed by atoms with Crippen LogP contribution >= 0.6 is 35.2 Å². The molecule has 0 saturated carbocycles. The van der Waals surface area contributed by atoms with Crippen LogP contribution in [0, 0.1) is 6.92 Å². The fourth-order valence-electron chi connectivity index (χ4n) is 3.02. The zero-order valence-corrected chi connectivity index (χ0v) is 19.3. The molecule has 6 nitrogen and oxygen atoms in total. The third kappa shape index (κ3) is 5.16. The molecule has 4 rings (SSSR count). The quantitative estimate of drug-likeness (QED) is 0.256. The lowest BCUT2D eigenvalue weighted by molar-refractivity contribution is -0.121. The Kier molecular flexibility index (Phi) is 6.55. The topological polar surface area (TPSA) is 83.5 Å². The summed E-state index contributed by atoms with van der Waals surface area (Å²) in [6.07, 6.45) is 0. The minimum Gasteiger partial charge on any atom is -0.507 e. The van der Waals surface area contributed by atoms with Gasteiger partial charge in [-0.3, -0.25) is 10.1 Å². The molecule has 0 radical (unpaired) electrons. The second kappa shape index (κ2) is 9.52. The van der Waals surface area contributed by atoms with Crippen LogP contribution in [0.2, 0.25) is 5.02 Å². The highest BCUT2D eigenvalue weighted by Gasteiger charge is 2.13. The number of thiazole rings is 1. The molecule has 32 heavy (non-hydrogen) atoms. The SMILES string of the molecule is Cc1cc(Cl)ccc1OCC(=O)NC(=S)Nc1ccc(O)c(-c2nc3ccccc3s2)c1. The van der Waals surface area contributed by atoms with Crippen LogP contribution in [-0.4, -0.2) is 27.7 Å². The summed E-state index contributed by atoms with van der Waals surface area (Å²) in [6, 6.07) is 17.9. The maximum atomic E-state index is 12.2. The molecule has 0 saturated heterocycles. The van der Waals surface area contributed by atoms with Crippen molar-refractivity contribution in [1.82, 2.24) is 10.3 Å². The highest BCUT2D eigenvalue weighted by atomic mass is 35.5. The number of amides is 1. The summed E-state index contributed by atoms with van der Waals surface area (Å²) in [5.74, 6) is 0.278. The number of aryl methyl sites for hydroxylation is 1. The maximum absolute atomic E-state index is 12.2. The molecule has 0 spiro atoms. The molecule has 1 aromatic heterocycles. The Morgan fingerprint density at radius 1 is 1.19 bits per heavy atom.